The first-order valence-corrected chi connectivity index (χ1v) is 7.26. The van der Waals surface area contributed by atoms with Gasteiger partial charge in [0.2, 0.25) is 0 Å². The molecule has 1 amide bonds. The van der Waals surface area contributed by atoms with Crippen LogP contribution >= 0.6 is 0 Å². The van der Waals surface area contributed by atoms with Crippen molar-refractivity contribution in [3.63, 3.8) is 0 Å². The van der Waals surface area contributed by atoms with Crippen molar-refractivity contribution >= 4 is 17.4 Å². The Morgan fingerprint density at radius 2 is 2.29 bits per heavy atom. The molecule has 21 heavy (non-hydrogen) atoms. The predicted octanol–water partition coefficient (Wildman–Crippen LogP) is 2.34. The summed E-state index contributed by atoms with van der Waals surface area (Å²) in [7, 11) is 0. The van der Waals surface area contributed by atoms with Gasteiger partial charge in [-0.15, -0.1) is 0 Å². The minimum absolute atomic E-state index is 0.0631. The van der Waals surface area contributed by atoms with Crippen LogP contribution in [0.1, 0.15) is 43.5 Å². The summed E-state index contributed by atoms with van der Waals surface area (Å²) in [5, 5.41) is 16.9. The van der Waals surface area contributed by atoms with Crippen LogP contribution in [0.5, 0.6) is 0 Å². The van der Waals surface area contributed by atoms with E-state index >= 15 is 0 Å². The van der Waals surface area contributed by atoms with Crippen molar-refractivity contribution in [2.24, 2.45) is 5.92 Å². The molecule has 0 aliphatic heterocycles. The zero-order valence-electron chi connectivity index (χ0n) is 12.3. The molecule has 2 N–H and O–H groups in total. The summed E-state index contributed by atoms with van der Waals surface area (Å²) in [6, 6.07) is 1.58. The number of hydrogen-bond acceptors (Lipinski definition) is 5. The van der Waals surface area contributed by atoms with Crippen LogP contribution in [0.25, 0.3) is 0 Å². The fraction of sp³-hybridized carbons (Fsp3) is 0.571. The molecule has 0 aromatic carbocycles. The average Bonchev–Trinajstić information content (AvgIpc) is 3.17. The molecular formula is C14H20N4O3. The van der Waals surface area contributed by atoms with Crippen LogP contribution < -0.4 is 10.6 Å². The minimum Gasteiger partial charge on any atom is -0.370 e. The fourth-order valence-electron chi connectivity index (χ4n) is 2.41. The number of aromatic nitrogens is 1. The number of carbonyl (C=O) groups is 1. The van der Waals surface area contributed by atoms with Gasteiger partial charge in [-0.2, -0.15) is 0 Å². The molecule has 1 aromatic heterocycles. The van der Waals surface area contributed by atoms with Crippen LogP contribution in [-0.4, -0.2) is 28.4 Å². The molecule has 7 heteroatoms. The molecular weight excluding hydrogens is 272 g/mol. The second kappa shape index (κ2) is 6.51. The summed E-state index contributed by atoms with van der Waals surface area (Å²) in [4.78, 5) is 26.6. The first kappa shape index (κ1) is 15.2. The van der Waals surface area contributed by atoms with Gasteiger partial charge in [0.15, 0.2) is 0 Å². The SMILES string of the molecule is CCCC1CC1NC(=O)c1cc(NCC)ncc1[N+](=O)[O-]. The van der Waals surface area contributed by atoms with E-state index in [1.54, 1.807) is 0 Å². The number of nitrogens with zero attached hydrogens (tertiary/aromatic N) is 2. The van der Waals surface area contributed by atoms with Crippen molar-refractivity contribution in [2.45, 2.75) is 39.2 Å². The highest BCUT2D eigenvalue weighted by atomic mass is 16.6. The molecule has 0 spiro atoms. The van der Waals surface area contributed by atoms with Crippen molar-refractivity contribution in [3.05, 3.63) is 27.9 Å². The average molecular weight is 292 g/mol. The van der Waals surface area contributed by atoms with Gasteiger partial charge in [0.1, 0.15) is 17.6 Å². The van der Waals surface area contributed by atoms with Gasteiger partial charge < -0.3 is 10.6 Å². The van der Waals surface area contributed by atoms with Crippen molar-refractivity contribution < 1.29 is 9.72 Å². The highest BCUT2D eigenvalue weighted by molar-refractivity contribution is 5.99. The lowest BCUT2D eigenvalue weighted by Gasteiger charge is -2.07. The molecule has 1 fully saturated rings. The van der Waals surface area contributed by atoms with E-state index < -0.39 is 10.8 Å². The number of pyridine rings is 1. The minimum atomic E-state index is -0.575. The summed E-state index contributed by atoms with van der Waals surface area (Å²) in [5.74, 6) is 0.578. The maximum Gasteiger partial charge on any atom is 0.300 e. The number of amides is 1. The number of nitro groups is 1. The summed E-state index contributed by atoms with van der Waals surface area (Å²) < 4.78 is 0. The highest BCUT2D eigenvalue weighted by Gasteiger charge is 2.38. The van der Waals surface area contributed by atoms with Gasteiger partial charge in [-0.05, 0) is 25.7 Å². The molecule has 0 saturated heterocycles. The van der Waals surface area contributed by atoms with Crippen LogP contribution in [0.15, 0.2) is 12.3 Å². The summed E-state index contributed by atoms with van der Waals surface area (Å²) in [6.07, 6.45) is 4.24. The van der Waals surface area contributed by atoms with Crippen LogP contribution in [0.4, 0.5) is 11.5 Å². The molecule has 2 rings (SSSR count). The molecule has 7 nitrogen and oxygen atoms in total. The lowest BCUT2D eigenvalue weighted by Crippen LogP contribution is -2.27. The van der Waals surface area contributed by atoms with E-state index in [1.807, 2.05) is 6.92 Å². The number of nitrogens with one attached hydrogen (secondary N) is 2. The van der Waals surface area contributed by atoms with Gasteiger partial charge in [0, 0.05) is 18.7 Å². The maximum absolute atomic E-state index is 12.3. The topological polar surface area (TPSA) is 97.2 Å². The van der Waals surface area contributed by atoms with Gasteiger partial charge in [-0.25, -0.2) is 4.98 Å². The molecule has 1 heterocycles. The van der Waals surface area contributed by atoms with Crippen molar-refractivity contribution in [3.8, 4) is 0 Å². The second-order valence-corrected chi connectivity index (χ2v) is 5.24. The smallest absolute Gasteiger partial charge is 0.300 e. The monoisotopic (exact) mass is 292 g/mol. The molecule has 1 aromatic rings. The maximum atomic E-state index is 12.3. The van der Waals surface area contributed by atoms with E-state index in [0.29, 0.717) is 18.3 Å². The molecule has 2 unspecified atom stereocenters. The third-order valence-corrected chi connectivity index (χ3v) is 3.58. The molecule has 2 atom stereocenters. The summed E-state index contributed by atoms with van der Waals surface area (Å²) in [6.45, 7) is 4.63. The first-order chi connectivity index (χ1) is 10.1. The molecule has 0 bridgehead atoms. The molecule has 1 saturated carbocycles. The van der Waals surface area contributed by atoms with Crippen molar-refractivity contribution in [2.75, 3.05) is 11.9 Å². The Labute approximate surface area is 123 Å². The van der Waals surface area contributed by atoms with Crippen LogP contribution in [0.3, 0.4) is 0 Å². The van der Waals surface area contributed by atoms with Crippen LogP contribution in [0, 0.1) is 16.0 Å². The fourth-order valence-corrected chi connectivity index (χ4v) is 2.41. The number of rotatable bonds is 7. The standard InChI is InChI=1S/C14H20N4O3/c1-3-5-9-6-11(9)17-14(19)10-7-13(15-4-2)16-8-12(10)18(20)21/h7-9,11H,3-6H2,1-2H3,(H,15,16)(H,17,19). The van der Waals surface area contributed by atoms with E-state index in [-0.39, 0.29) is 17.3 Å². The van der Waals surface area contributed by atoms with Crippen molar-refractivity contribution in [1.82, 2.24) is 10.3 Å². The first-order valence-electron chi connectivity index (χ1n) is 7.26. The summed E-state index contributed by atoms with van der Waals surface area (Å²) in [5.41, 5.74) is -0.199. The lowest BCUT2D eigenvalue weighted by atomic mass is 10.2. The largest absolute Gasteiger partial charge is 0.370 e. The Morgan fingerprint density at radius 1 is 1.52 bits per heavy atom. The Balaban J connectivity index is 2.14. The number of carbonyl (C=O) groups excluding carboxylic acids is 1. The predicted molar refractivity (Wildman–Crippen MR) is 79.3 cm³/mol. The summed E-state index contributed by atoms with van der Waals surface area (Å²) >= 11 is 0. The zero-order valence-corrected chi connectivity index (χ0v) is 12.3. The highest BCUT2D eigenvalue weighted by Crippen LogP contribution is 2.35. The number of anilines is 1. The van der Waals surface area contributed by atoms with Crippen LogP contribution in [0.2, 0.25) is 0 Å². The third kappa shape index (κ3) is 3.68. The number of hydrogen-bond donors (Lipinski definition) is 2. The van der Waals surface area contributed by atoms with E-state index in [1.165, 1.54) is 6.07 Å². The Bertz CT molecular complexity index is 547. The molecule has 114 valence electrons. The molecule has 1 aliphatic carbocycles. The van der Waals surface area contributed by atoms with Gasteiger partial charge in [0.25, 0.3) is 11.6 Å². The Kier molecular flexibility index (Phi) is 4.72. The zero-order chi connectivity index (χ0) is 15.4. The van der Waals surface area contributed by atoms with E-state index in [0.717, 1.165) is 25.5 Å². The van der Waals surface area contributed by atoms with E-state index in [2.05, 4.69) is 22.5 Å². The Morgan fingerprint density at radius 3 is 2.90 bits per heavy atom. The van der Waals surface area contributed by atoms with Crippen LogP contribution in [-0.2, 0) is 0 Å². The normalized spacial score (nSPS) is 19.9. The second-order valence-electron chi connectivity index (χ2n) is 5.24. The van der Waals surface area contributed by atoms with Gasteiger partial charge in [-0.3, -0.25) is 14.9 Å². The quantitative estimate of drug-likeness (QED) is 0.594. The van der Waals surface area contributed by atoms with Gasteiger partial charge in [-0.1, -0.05) is 13.3 Å². The van der Waals surface area contributed by atoms with Gasteiger partial charge >= 0.3 is 0 Å². The molecule has 1 aliphatic rings. The van der Waals surface area contributed by atoms with E-state index in [4.69, 9.17) is 0 Å². The van der Waals surface area contributed by atoms with Gasteiger partial charge in [0.05, 0.1) is 4.92 Å². The van der Waals surface area contributed by atoms with E-state index in [9.17, 15) is 14.9 Å². The molecule has 0 radical (unpaired) electrons. The lowest BCUT2D eigenvalue weighted by molar-refractivity contribution is -0.385. The Hall–Kier alpha value is -2.18. The van der Waals surface area contributed by atoms with Crippen molar-refractivity contribution in [1.29, 1.82) is 0 Å². The third-order valence-electron chi connectivity index (χ3n) is 3.58.